The number of rotatable bonds is 6. The second kappa shape index (κ2) is 7.76. The van der Waals surface area contributed by atoms with E-state index in [0.29, 0.717) is 11.3 Å². The minimum atomic E-state index is -0.319. The van der Waals surface area contributed by atoms with Gasteiger partial charge in [0.25, 0.3) is 0 Å². The molecule has 0 amide bonds. The molecule has 22 heavy (non-hydrogen) atoms. The molecule has 116 valence electrons. The highest BCUT2D eigenvalue weighted by Crippen LogP contribution is 2.15. The van der Waals surface area contributed by atoms with E-state index in [-0.39, 0.29) is 5.97 Å². The third-order valence-electron chi connectivity index (χ3n) is 3.69. The van der Waals surface area contributed by atoms with Gasteiger partial charge in [-0.05, 0) is 55.4 Å². The van der Waals surface area contributed by atoms with Crippen LogP contribution < -0.4 is 4.74 Å². The maximum atomic E-state index is 12.1. The number of hydrogen-bond acceptors (Lipinski definition) is 3. The van der Waals surface area contributed by atoms with E-state index in [1.165, 1.54) is 5.56 Å². The topological polar surface area (TPSA) is 29.5 Å². The van der Waals surface area contributed by atoms with Crippen LogP contribution in [0.5, 0.6) is 5.75 Å². The molecular weight excluding hydrogens is 274 g/mol. The molecular formula is C19H23NO2. The predicted octanol–water partition coefficient (Wildman–Crippen LogP) is 4.06. The van der Waals surface area contributed by atoms with Crippen LogP contribution in [0.2, 0.25) is 0 Å². The molecule has 2 aromatic carbocycles. The molecule has 0 saturated heterocycles. The second-order valence-corrected chi connectivity index (χ2v) is 5.36. The van der Waals surface area contributed by atoms with E-state index in [2.05, 4.69) is 18.7 Å². The zero-order valence-corrected chi connectivity index (χ0v) is 13.5. The van der Waals surface area contributed by atoms with Gasteiger partial charge in [0.1, 0.15) is 5.75 Å². The van der Waals surface area contributed by atoms with Gasteiger partial charge in [0.05, 0.1) is 5.56 Å². The second-order valence-electron chi connectivity index (χ2n) is 5.36. The SMILES string of the molecule is CCN(CC)Cc1ccc(C(=O)Oc2cccc(C)c2)cc1. The lowest BCUT2D eigenvalue weighted by molar-refractivity contribution is 0.0734. The Labute approximate surface area is 132 Å². The summed E-state index contributed by atoms with van der Waals surface area (Å²) in [6, 6.07) is 15.1. The quantitative estimate of drug-likeness (QED) is 0.595. The fraction of sp³-hybridized carbons (Fsp3) is 0.316. The summed E-state index contributed by atoms with van der Waals surface area (Å²) in [4.78, 5) is 14.5. The van der Waals surface area contributed by atoms with Crippen LogP contribution in [0.15, 0.2) is 48.5 Å². The summed E-state index contributed by atoms with van der Waals surface area (Å²) in [6.45, 7) is 9.22. The molecule has 0 bridgehead atoms. The maximum Gasteiger partial charge on any atom is 0.343 e. The summed E-state index contributed by atoms with van der Waals surface area (Å²) in [6.07, 6.45) is 0. The molecule has 2 aromatic rings. The van der Waals surface area contributed by atoms with Crippen LogP contribution in [0.25, 0.3) is 0 Å². The number of esters is 1. The van der Waals surface area contributed by atoms with Gasteiger partial charge >= 0.3 is 5.97 Å². The van der Waals surface area contributed by atoms with Crippen LogP contribution in [0.4, 0.5) is 0 Å². The lowest BCUT2D eigenvalue weighted by atomic mass is 10.1. The molecule has 0 fully saturated rings. The van der Waals surface area contributed by atoms with Crippen molar-refractivity contribution >= 4 is 5.97 Å². The Hall–Kier alpha value is -2.13. The first-order valence-corrected chi connectivity index (χ1v) is 7.72. The molecule has 3 nitrogen and oxygen atoms in total. The number of ether oxygens (including phenoxy) is 1. The summed E-state index contributed by atoms with van der Waals surface area (Å²) in [7, 11) is 0. The summed E-state index contributed by atoms with van der Waals surface area (Å²) >= 11 is 0. The third kappa shape index (κ3) is 4.43. The van der Waals surface area contributed by atoms with Crippen LogP contribution in [0.1, 0.15) is 35.3 Å². The van der Waals surface area contributed by atoms with E-state index in [1.54, 1.807) is 6.07 Å². The zero-order valence-electron chi connectivity index (χ0n) is 13.5. The minimum Gasteiger partial charge on any atom is -0.423 e. The highest BCUT2D eigenvalue weighted by Gasteiger charge is 2.09. The van der Waals surface area contributed by atoms with Crippen molar-refractivity contribution in [2.24, 2.45) is 0 Å². The molecule has 0 N–H and O–H groups in total. The molecule has 0 radical (unpaired) electrons. The number of carbonyl (C=O) groups excluding carboxylic acids is 1. The summed E-state index contributed by atoms with van der Waals surface area (Å²) < 4.78 is 5.40. The van der Waals surface area contributed by atoms with Gasteiger partial charge in [-0.2, -0.15) is 0 Å². The molecule has 2 rings (SSSR count). The van der Waals surface area contributed by atoms with Crippen molar-refractivity contribution in [3.05, 3.63) is 65.2 Å². The largest absolute Gasteiger partial charge is 0.423 e. The van der Waals surface area contributed by atoms with Gasteiger partial charge in [-0.1, -0.05) is 38.1 Å². The van der Waals surface area contributed by atoms with Crippen LogP contribution in [-0.4, -0.2) is 24.0 Å². The first kappa shape index (κ1) is 16.2. The van der Waals surface area contributed by atoms with E-state index < -0.39 is 0 Å². The van der Waals surface area contributed by atoms with Gasteiger partial charge in [-0.25, -0.2) is 4.79 Å². The average molecular weight is 297 g/mol. The summed E-state index contributed by atoms with van der Waals surface area (Å²) in [5.74, 6) is 0.261. The number of benzene rings is 2. The van der Waals surface area contributed by atoms with E-state index in [4.69, 9.17) is 4.74 Å². The molecule has 0 aliphatic rings. The Balaban J connectivity index is 2.02. The van der Waals surface area contributed by atoms with E-state index in [0.717, 1.165) is 25.2 Å². The Morgan fingerprint density at radius 3 is 2.32 bits per heavy atom. The lowest BCUT2D eigenvalue weighted by Gasteiger charge is -2.17. The van der Waals surface area contributed by atoms with E-state index >= 15 is 0 Å². The smallest absolute Gasteiger partial charge is 0.343 e. The standard InChI is InChI=1S/C19H23NO2/c1-4-20(5-2)14-16-9-11-17(12-10-16)19(21)22-18-8-6-7-15(3)13-18/h6-13H,4-5,14H2,1-3H3. The molecule has 0 heterocycles. The first-order chi connectivity index (χ1) is 10.6. The number of hydrogen-bond donors (Lipinski definition) is 0. The fourth-order valence-electron chi connectivity index (χ4n) is 2.30. The molecule has 0 unspecified atom stereocenters. The van der Waals surface area contributed by atoms with Gasteiger partial charge < -0.3 is 4.74 Å². The van der Waals surface area contributed by atoms with Crippen molar-refractivity contribution in [2.75, 3.05) is 13.1 Å². The number of nitrogens with zero attached hydrogens (tertiary/aromatic N) is 1. The Morgan fingerprint density at radius 1 is 1.05 bits per heavy atom. The number of aryl methyl sites for hydroxylation is 1. The maximum absolute atomic E-state index is 12.1. The van der Waals surface area contributed by atoms with Gasteiger partial charge in [-0.3, -0.25) is 4.90 Å². The molecule has 0 aromatic heterocycles. The highest BCUT2D eigenvalue weighted by atomic mass is 16.5. The van der Waals surface area contributed by atoms with E-state index in [9.17, 15) is 4.79 Å². The van der Waals surface area contributed by atoms with Gasteiger partial charge in [0.2, 0.25) is 0 Å². The van der Waals surface area contributed by atoms with Gasteiger partial charge in [0, 0.05) is 6.54 Å². The molecule has 0 atom stereocenters. The zero-order chi connectivity index (χ0) is 15.9. The molecule has 0 saturated carbocycles. The van der Waals surface area contributed by atoms with Crippen molar-refractivity contribution in [2.45, 2.75) is 27.3 Å². The summed E-state index contributed by atoms with van der Waals surface area (Å²) in [5, 5.41) is 0. The van der Waals surface area contributed by atoms with Crippen molar-refractivity contribution < 1.29 is 9.53 Å². The van der Waals surface area contributed by atoms with E-state index in [1.807, 2.05) is 49.4 Å². The van der Waals surface area contributed by atoms with Gasteiger partial charge in [-0.15, -0.1) is 0 Å². The number of carbonyl (C=O) groups is 1. The molecule has 3 heteroatoms. The van der Waals surface area contributed by atoms with Crippen LogP contribution in [0, 0.1) is 6.92 Å². The van der Waals surface area contributed by atoms with Crippen molar-refractivity contribution in [3.8, 4) is 5.75 Å². The average Bonchev–Trinajstić information content (AvgIpc) is 2.53. The molecule has 0 spiro atoms. The Kier molecular flexibility index (Phi) is 5.73. The monoisotopic (exact) mass is 297 g/mol. The normalized spacial score (nSPS) is 10.7. The first-order valence-electron chi connectivity index (χ1n) is 7.72. The van der Waals surface area contributed by atoms with Crippen molar-refractivity contribution in [3.63, 3.8) is 0 Å². The third-order valence-corrected chi connectivity index (χ3v) is 3.69. The minimum absolute atomic E-state index is 0.319. The van der Waals surface area contributed by atoms with Crippen LogP contribution in [0.3, 0.4) is 0 Å². The van der Waals surface area contributed by atoms with Crippen LogP contribution in [-0.2, 0) is 6.54 Å². The molecule has 0 aliphatic heterocycles. The lowest BCUT2D eigenvalue weighted by Crippen LogP contribution is -2.22. The highest BCUT2D eigenvalue weighted by molar-refractivity contribution is 5.91. The van der Waals surface area contributed by atoms with Gasteiger partial charge in [0.15, 0.2) is 0 Å². The van der Waals surface area contributed by atoms with Crippen LogP contribution >= 0.6 is 0 Å². The Morgan fingerprint density at radius 2 is 1.73 bits per heavy atom. The fourth-order valence-corrected chi connectivity index (χ4v) is 2.30. The molecule has 0 aliphatic carbocycles. The van der Waals surface area contributed by atoms with Crippen molar-refractivity contribution in [1.82, 2.24) is 4.90 Å². The van der Waals surface area contributed by atoms with Crippen molar-refractivity contribution in [1.29, 1.82) is 0 Å². The predicted molar refractivity (Wildman–Crippen MR) is 89.2 cm³/mol. The summed E-state index contributed by atoms with van der Waals surface area (Å²) in [5.41, 5.74) is 2.85. The Bertz CT molecular complexity index is 616.